The van der Waals surface area contributed by atoms with E-state index in [-0.39, 0.29) is 17.9 Å². The van der Waals surface area contributed by atoms with Gasteiger partial charge >= 0.3 is 0 Å². The van der Waals surface area contributed by atoms with Crippen molar-refractivity contribution in [3.05, 3.63) is 29.8 Å². The number of amides is 1. The average molecular weight is 332 g/mol. The highest BCUT2D eigenvalue weighted by Crippen LogP contribution is 2.21. The van der Waals surface area contributed by atoms with Crippen LogP contribution in [0.5, 0.6) is 5.75 Å². The predicted octanol–water partition coefficient (Wildman–Crippen LogP) is 2.20. The summed E-state index contributed by atoms with van der Waals surface area (Å²) in [6.07, 6.45) is 3.97. The van der Waals surface area contributed by atoms with E-state index in [2.05, 4.69) is 22.3 Å². The van der Waals surface area contributed by atoms with Crippen LogP contribution in [0.15, 0.2) is 24.3 Å². The highest BCUT2D eigenvalue weighted by atomic mass is 16.5. The van der Waals surface area contributed by atoms with Crippen LogP contribution in [-0.2, 0) is 16.1 Å². The molecule has 1 aromatic carbocycles. The van der Waals surface area contributed by atoms with Crippen molar-refractivity contribution >= 4 is 5.91 Å². The highest BCUT2D eigenvalue weighted by Gasteiger charge is 2.27. The molecule has 0 unspecified atom stereocenters. The van der Waals surface area contributed by atoms with E-state index < -0.39 is 0 Å². The van der Waals surface area contributed by atoms with Crippen LogP contribution in [0.2, 0.25) is 0 Å². The summed E-state index contributed by atoms with van der Waals surface area (Å²) in [4.78, 5) is 14.8. The zero-order valence-electron chi connectivity index (χ0n) is 14.5. The van der Waals surface area contributed by atoms with Gasteiger partial charge in [-0.2, -0.15) is 0 Å². The predicted molar refractivity (Wildman–Crippen MR) is 93.0 cm³/mol. The lowest BCUT2D eigenvalue weighted by atomic mass is 9.95. The summed E-state index contributed by atoms with van der Waals surface area (Å²) in [5, 5.41) is 3.17. The Labute approximate surface area is 144 Å². The van der Waals surface area contributed by atoms with Crippen LogP contribution >= 0.6 is 0 Å². The molecular weight excluding hydrogens is 304 g/mol. The van der Waals surface area contributed by atoms with E-state index in [9.17, 15) is 4.79 Å². The molecule has 1 amide bonds. The smallest absolute Gasteiger partial charge is 0.223 e. The van der Waals surface area contributed by atoms with Crippen LogP contribution in [0.25, 0.3) is 0 Å². The van der Waals surface area contributed by atoms with Gasteiger partial charge in [-0.15, -0.1) is 0 Å². The number of hydrogen-bond donors (Lipinski definition) is 1. The number of benzene rings is 1. The summed E-state index contributed by atoms with van der Waals surface area (Å²) in [5.41, 5.74) is 1.29. The second-order valence-electron chi connectivity index (χ2n) is 6.82. The lowest BCUT2D eigenvalue weighted by Gasteiger charge is -2.32. The second-order valence-corrected chi connectivity index (χ2v) is 6.82. The molecule has 0 aromatic heterocycles. The van der Waals surface area contributed by atoms with E-state index in [1.54, 1.807) is 7.11 Å². The SMILES string of the molecule is COc1ccc(CN2CCC(C(=O)N[C@H]3CCCOC3)CC2)cc1. The van der Waals surface area contributed by atoms with Gasteiger partial charge in [0.05, 0.1) is 19.8 Å². The second kappa shape index (κ2) is 8.49. The number of nitrogens with one attached hydrogen (secondary N) is 1. The van der Waals surface area contributed by atoms with Crippen molar-refractivity contribution in [1.82, 2.24) is 10.2 Å². The molecule has 0 saturated carbocycles. The van der Waals surface area contributed by atoms with Gasteiger partial charge in [0, 0.05) is 19.1 Å². The zero-order valence-corrected chi connectivity index (χ0v) is 14.5. The Balaban J connectivity index is 1.42. The van der Waals surface area contributed by atoms with Gasteiger partial charge in [0.15, 0.2) is 0 Å². The molecule has 0 bridgehead atoms. The van der Waals surface area contributed by atoms with Gasteiger partial charge in [0.25, 0.3) is 0 Å². The van der Waals surface area contributed by atoms with Crippen LogP contribution < -0.4 is 10.1 Å². The van der Waals surface area contributed by atoms with Crippen molar-refractivity contribution < 1.29 is 14.3 Å². The van der Waals surface area contributed by atoms with E-state index in [1.165, 1.54) is 5.56 Å². The van der Waals surface area contributed by atoms with Crippen LogP contribution in [0.1, 0.15) is 31.2 Å². The number of hydrogen-bond acceptors (Lipinski definition) is 4. The number of piperidine rings is 1. The topological polar surface area (TPSA) is 50.8 Å². The van der Waals surface area contributed by atoms with Crippen molar-refractivity contribution in [2.45, 2.75) is 38.3 Å². The summed E-state index contributed by atoms with van der Waals surface area (Å²) < 4.78 is 10.6. The number of nitrogens with zero attached hydrogens (tertiary/aromatic N) is 1. The first-order chi connectivity index (χ1) is 11.7. The third-order valence-corrected chi connectivity index (χ3v) is 5.03. The minimum absolute atomic E-state index is 0.152. The summed E-state index contributed by atoms with van der Waals surface area (Å²) in [6.45, 7) is 4.39. The highest BCUT2D eigenvalue weighted by molar-refractivity contribution is 5.79. The number of rotatable bonds is 5. The fourth-order valence-corrected chi connectivity index (χ4v) is 3.52. The van der Waals surface area contributed by atoms with Crippen molar-refractivity contribution in [3.8, 4) is 5.75 Å². The molecule has 2 saturated heterocycles. The molecule has 1 atom stereocenters. The first-order valence-electron chi connectivity index (χ1n) is 8.98. The van der Waals surface area contributed by atoms with E-state index in [4.69, 9.17) is 9.47 Å². The summed E-state index contributed by atoms with van der Waals surface area (Å²) >= 11 is 0. The molecule has 2 heterocycles. The van der Waals surface area contributed by atoms with Gasteiger partial charge < -0.3 is 14.8 Å². The van der Waals surface area contributed by atoms with Crippen molar-refractivity contribution in [2.75, 3.05) is 33.4 Å². The monoisotopic (exact) mass is 332 g/mol. The Kier molecular flexibility index (Phi) is 6.10. The van der Waals surface area contributed by atoms with E-state index >= 15 is 0 Å². The molecule has 132 valence electrons. The fourth-order valence-electron chi connectivity index (χ4n) is 3.52. The maximum Gasteiger partial charge on any atom is 0.223 e. The Bertz CT molecular complexity index is 518. The van der Waals surface area contributed by atoms with Crippen molar-refractivity contribution in [2.24, 2.45) is 5.92 Å². The largest absolute Gasteiger partial charge is 0.497 e. The number of likely N-dealkylation sites (tertiary alicyclic amines) is 1. The van der Waals surface area contributed by atoms with Gasteiger partial charge in [0.1, 0.15) is 5.75 Å². The molecule has 2 fully saturated rings. The van der Waals surface area contributed by atoms with Crippen LogP contribution in [0, 0.1) is 5.92 Å². The van der Waals surface area contributed by atoms with Crippen molar-refractivity contribution in [3.63, 3.8) is 0 Å². The molecule has 24 heavy (non-hydrogen) atoms. The molecule has 0 radical (unpaired) electrons. The standard InChI is InChI=1S/C19H28N2O3/c1-23-18-6-4-15(5-7-18)13-21-10-8-16(9-11-21)19(22)20-17-3-2-12-24-14-17/h4-7,16-17H,2-3,8-14H2,1H3,(H,20,22)/t17-/m0/s1. The lowest BCUT2D eigenvalue weighted by Crippen LogP contribution is -2.46. The lowest BCUT2D eigenvalue weighted by molar-refractivity contribution is -0.128. The number of ether oxygens (including phenoxy) is 2. The molecule has 5 heteroatoms. The molecule has 2 aliphatic heterocycles. The van der Waals surface area contributed by atoms with Gasteiger partial charge in [-0.1, -0.05) is 12.1 Å². The molecule has 1 N–H and O–H groups in total. The minimum atomic E-state index is 0.152. The Morgan fingerprint density at radius 3 is 2.62 bits per heavy atom. The van der Waals surface area contributed by atoms with Crippen LogP contribution in [-0.4, -0.2) is 50.3 Å². The molecule has 1 aromatic rings. The minimum Gasteiger partial charge on any atom is -0.497 e. The normalized spacial score (nSPS) is 23.0. The Hall–Kier alpha value is -1.59. The first kappa shape index (κ1) is 17.2. The van der Waals surface area contributed by atoms with Gasteiger partial charge in [-0.05, 0) is 56.5 Å². The third kappa shape index (κ3) is 4.71. The quantitative estimate of drug-likeness (QED) is 0.898. The van der Waals surface area contributed by atoms with E-state index in [0.717, 1.165) is 57.7 Å². The molecule has 0 spiro atoms. The van der Waals surface area contributed by atoms with Crippen molar-refractivity contribution in [1.29, 1.82) is 0 Å². The summed E-state index contributed by atoms with van der Waals surface area (Å²) in [6, 6.07) is 8.44. The summed E-state index contributed by atoms with van der Waals surface area (Å²) in [7, 11) is 1.68. The van der Waals surface area contributed by atoms with Gasteiger partial charge in [0.2, 0.25) is 5.91 Å². The van der Waals surface area contributed by atoms with E-state index in [1.807, 2.05) is 12.1 Å². The molecule has 3 rings (SSSR count). The molecule has 0 aliphatic carbocycles. The number of carbonyl (C=O) groups is 1. The van der Waals surface area contributed by atoms with Crippen LogP contribution in [0.3, 0.4) is 0 Å². The van der Waals surface area contributed by atoms with Crippen LogP contribution in [0.4, 0.5) is 0 Å². The molecule has 5 nitrogen and oxygen atoms in total. The average Bonchev–Trinajstić information content (AvgIpc) is 2.64. The molecular formula is C19H28N2O3. The zero-order chi connectivity index (χ0) is 16.8. The Morgan fingerprint density at radius 1 is 1.25 bits per heavy atom. The van der Waals surface area contributed by atoms with Gasteiger partial charge in [-0.3, -0.25) is 9.69 Å². The molecule has 2 aliphatic rings. The first-order valence-corrected chi connectivity index (χ1v) is 8.98. The summed E-state index contributed by atoms with van der Waals surface area (Å²) in [5.74, 6) is 1.26. The van der Waals surface area contributed by atoms with Gasteiger partial charge in [-0.25, -0.2) is 0 Å². The third-order valence-electron chi connectivity index (χ3n) is 5.03. The maximum absolute atomic E-state index is 12.4. The van der Waals surface area contributed by atoms with E-state index in [0.29, 0.717) is 6.61 Å². The Morgan fingerprint density at radius 2 is 2.00 bits per heavy atom. The number of carbonyl (C=O) groups excluding carboxylic acids is 1. The maximum atomic E-state index is 12.4. The number of methoxy groups -OCH3 is 1. The fraction of sp³-hybridized carbons (Fsp3) is 0.632.